The van der Waals surface area contributed by atoms with Gasteiger partial charge >= 0.3 is 0 Å². The van der Waals surface area contributed by atoms with E-state index in [0.29, 0.717) is 18.0 Å². The maximum Gasteiger partial charge on any atom is 0.287 e. The molecule has 5 heterocycles. The van der Waals surface area contributed by atoms with Crippen molar-refractivity contribution in [2.24, 2.45) is 7.05 Å². The zero-order valence-electron chi connectivity index (χ0n) is 13.2. The molecule has 0 radical (unpaired) electrons. The smallest absolute Gasteiger partial charge is 0.287 e. The molecule has 2 aromatic heterocycles. The average molecular weight is 365 g/mol. The van der Waals surface area contributed by atoms with E-state index in [0.717, 1.165) is 36.2 Å². The van der Waals surface area contributed by atoms with Crippen molar-refractivity contribution < 1.29 is 0 Å². The van der Waals surface area contributed by atoms with Crippen molar-refractivity contribution in [2.75, 3.05) is 22.9 Å². The van der Waals surface area contributed by atoms with E-state index in [4.69, 9.17) is 16.6 Å². The summed E-state index contributed by atoms with van der Waals surface area (Å²) in [6, 6.07) is 0.813. The monoisotopic (exact) mass is 364 g/mol. The van der Waals surface area contributed by atoms with Gasteiger partial charge in [-0.05, 0) is 19.3 Å². The Bertz CT molecular complexity index is 850. The largest absolute Gasteiger partial charge is 0.365 e. The molecule has 7 nitrogen and oxygen atoms in total. The van der Waals surface area contributed by atoms with Crippen molar-refractivity contribution in [3.05, 3.63) is 27.4 Å². The lowest BCUT2D eigenvalue weighted by Gasteiger charge is -2.56. The molecule has 126 valence electrons. The molecule has 3 saturated heterocycles. The number of halogens is 1. The first-order chi connectivity index (χ1) is 11.6. The van der Waals surface area contributed by atoms with Gasteiger partial charge in [-0.25, -0.2) is 9.67 Å². The molecule has 1 saturated carbocycles. The van der Waals surface area contributed by atoms with E-state index >= 15 is 0 Å². The molecule has 3 aliphatic heterocycles. The SMILES string of the molecule is Cn1ncc(N2CC3CC(C2)N3c2nc(C3CC3)ns2)c(Cl)c1=O. The second-order valence-corrected chi connectivity index (χ2v) is 7.95. The number of fused-ring (bicyclic) bond motifs is 2. The summed E-state index contributed by atoms with van der Waals surface area (Å²) in [5, 5.41) is 5.41. The Balaban J connectivity index is 1.37. The van der Waals surface area contributed by atoms with Crippen molar-refractivity contribution >= 4 is 34.0 Å². The maximum atomic E-state index is 12.0. The van der Waals surface area contributed by atoms with Crippen LogP contribution >= 0.6 is 23.1 Å². The van der Waals surface area contributed by atoms with Gasteiger partial charge in [0.15, 0.2) is 0 Å². The first kappa shape index (κ1) is 14.7. The van der Waals surface area contributed by atoms with E-state index in [1.807, 2.05) is 0 Å². The van der Waals surface area contributed by atoms with E-state index in [1.54, 1.807) is 13.2 Å². The van der Waals surface area contributed by atoms with Gasteiger partial charge in [0.25, 0.3) is 5.56 Å². The van der Waals surface area contributed by atoms with Crippen LogP contribution in [0.2, 0.25) is 5.02 Å². The summed E-state index contributed by atoms with van der Waals surface area (Å²) >= 11 is 7.76. The average Bonchev–Trinajstić information content (AvgIpc) is 3.32. The number of piperidine rings is 1. The van der Waals surface area contributed by atoms with Crippen LogP contribution in [0.15, 0.2) is 11.0 Å². The summed E-state index contributed by atoms with van der Waals surface area (Å²) in [4.78, 5) is 21.3. The molecule has 0 amide bonds. The number of hydrogen-bond donors (Lipinski definition) is 0. The van der Waals surface area contributed by atoms with Gasteiger partial charge in [0, 0.05) is 37.6 Å². The van der Waals surface area contributed by atoms with Gasteiger partial charge in [-0.15, -0.1) is 0 Å². The third-order valence-corrected chi connectivity index (χ3v) is 6.29. The van der Waals surface area contributed by atoms with E-state index in [2.05, 4.69) is 19.3 Å². The lowest BCUT2D eigenvalue weighted by molar-refractivity contribution is 0.291. The number of anilines is 2. The van der Waals surface area contributed by atoms with Gasteiger partial charge in [0.05, 0.1) is 24.0 Å². The maximum absolute atomic E-state index is 12.0. The van der Waals surface area contributed by atoms with Crippen LogP contribution in [0.25, 0.3) is 0 Å². The molecule has 9 heteroatoms. The highest BCUT2D eigenvalue weighted by atomic mass is 35.5. The van der Waals surface area contributed by atoms with Crippen molar-refractivity contribution in [3.8, 4) is 0 Å². The summed E-state index contributed by atoms with van der Waals surface area (Å²) in [7, 11) is 1.61. The lowest BCUT2D eigenvalue weighted by atomic mass is 9.88. The molecule has 0 spiro atoms. The van der Waals surface area contributed by atoms with Crippen molar-refractivity contribution in [3.63, 3.8) is 0 Å². The highest BCUT2D eigenvalue weighted by molar-refractivity contribution is 7.09. The van der Waals surface area contributed by atoms with Crippen LogP contribution in [0.1, 0.15) is 31.0 Å². The van der Waals surface area contributed by atoms with Crippen molar-refractivity contribution in [2.45, 2.75) is 37.3 Å². The van der Waals surface area contributed by atoms with E-state index in [9.17, 15) is 4.79 Å². The Morgan fingerprint density at radius 1 is 1.29 bits per heavy atom. The third-order valence-electron chi connectivity index (χ3n) is 5.19. The molecule has 2 aromatic rings. The third kappa shape index (κ3) is 2.16. The first-order valence-corrected chi connectivity index (χ1v) is 9.35. The molecular formula is C15H17ClN6OS. The first-order valence-electron chi connectivity index (χ1n) is 8.20. The van der Waals surface area contributed by atoms with Crippen molar-refractivity contribution in [1.82, 2.24) is 19.1 Å². The van der Waals surface area contributed by atoms with Crippen molar-refractivity contribution in [1.29, 1.82) is 0 Å². The minimum atomic E-state index is -0.247. The Morgan fingerprint density at radius 3 is 2.75 bits per heavy atom. The second kappa shape index (κ2) is 5.16. The molecule has 6 rings (SSSR count). The number of rotatable bonds is 3. The Hall–Kier alpha value is -1.67. The van der Waals surface area contributed by atoms with Gasteiger partial charge in [0.2, 0.25) is 5.13 Å². The summed E-state index contributed by atoms with van der Waals surface area (Å²) in [5.41, 5.74) is 0.494. The summed E-state index contributed by atoms with van der Waals surface area (Å²) in [6.45, 7) is 1.67. The standard InChI is InChI=1S/C15H17ClN6OS/c1-20-14(23)12(16)11(5-17-20)21-6-9-4-10(7-21)22(9)15-18-13(19-24-15)8-2-3-8/h5,8-10H,2-4,6-7H2,1H3. The fraction of sp³-hybridized carbons (Fsp3) is 0.600. The molecule has 0 N–H and O–H groups in total. The van der Waals surface area contributed by atoms with Gasteiger partial charge in [-0.1, -0.05) is 11.6 Å². The highest BCUT2D eigenvalue weighted by Crippen LogP contribution is 2.43. The van der Waals surface area contributed by atoms with Crippen LogP contribution < -0.4 is 15.4 Å². The molecule has 0 aromatic carbocycles. The number of piperazine rings is 1. The van der Waals surface area contributed by atoms with Crippen LogP contribution in [0.5, 0.6) is 0 Å². The minimum absolute atomic E-state index is 0.247. The Morgan fingerprint density at radius 2 is 2.04 bits per heavy atom. The molecule has 2 bridgehead atoms. The Kier molecular flexibility index (Phi) is 3.15. The molecule has 4 aliphatic rings. The van der Waals surface area contributed by atoms with Gasteiger partial charge in [-0.2, -0.15) is 9.47 Å². The van der Waals surface area contributed by atoms with E-state index in [1.165, 1.54) is 29.1 Å². The zero-order chi connectivity index (χ0) is 16.4. The summed E-state index contributed by atoms with van der Waals surface area (Å²) in [6.07, 6.45) is 5.30. The van der Waals surface area contributed by atoms with Gasteiger partial charge in [-0.3, -0.25) is 4.79 Å². The molecule has 1 aliphatic carbocycles. The number of hydrogen-bond acceptors (Lipinski definition) is 7. The number of aromatic nitrogens is 4. The van der Waals surface area contributed by atoms with E-state index in [-0.39, 0.29) is 10.6 Å². The number of aryl methyl sites for hydroxylation is 1. The summed E-state index contributed by atoms with van der Waals surface area (Å²) in [5.74, 6) is 1.62. The van der Waals surface area contributed by atoms with Crippen LogP contribution in [0, 0.1) is 0 Å². The molecular weight excluding hydrogens is 348 g/mol. The summed E-state index contributed by atoms with van der Waals surface area (Å²) < 4.78 is 5.79. The topological polar surface area (TPSA) is 67.2 Å². The number of nitrogens with zero attached hydrogens (tertiary/aromatic N) is 6. The highest BCUT2D eigenvalue weighted by Gasteiger charge is 2.47. The van der Waals surface area contributed by atoms with Crippen LogP contribution in [0.3, 0.4) is 0 Å². The molecule has 2 unspecified atom stereocenters. The predicted octanol–water partition coefficient (Wildman–Crippen LogP) is 1.63. The van der Waals surface area contributed by atoms with Gasteiger partial charge < -0.3 is 9.80 Å². The molecule has 24 heavy (non-hydrogen) atoms. The predicted molar refractivity (Wildman–Crippen MR) is 93.3 cm³/mol. The lowest BCUT2D eigenvalue weighted by Crippen LogP contribution is -2.69. The second-order valence-electron chi connectivity index (χ2n) is 6.84. The van der Waals surface area contributed by atoms with E-state index < -0.39 is 0 Å². The molecule has 2 atom stereocenters. The van der Waals surface area contributed by atoms with Crippen LogP contribution in [-0.2, 0) is 7.05 Å². The van der Waals surface area contributed by atoms with Gasteiger partial charge in [0.1, 0.15) is 10.8 Å². The zero-order valence-corrected chi connectivity index (χ0v) is 14.8. The Labute approximate surface area is 148 Å². The molecule has 4 fully saturated rings. The fourth-order valence-electron chi connectivity index (χ4n) is 3.68. The van der Waals surface area contributed by atoms with Crippen LogP contribution in [-0.4, -0.2) is 44.3 Å². The fourth-order valence-corrected chi connectivity index (χ4v) is 4.86. The van der Waals surface area contributed by atoms with Crippen LogP contribution in [0.4, 0.5) is 10.8 Å². The minimum Gasteiger partial charge on any atom is -0.365 e. The normalized spacial score (nSPS) is 25.8. The quantitative estimate of drug-likeness (QED) is 0.824.